The molecule has 0 unspecified atom stereocenters. The molecule has 0 saturated carbocycles. The van der Waals surface area contributed by atoms with E-state index >= 15 is 0 Å². The lowest BCUT2D eigenvalue weighted by molar-refractivity contribution is 0.622. The van der Waals surface area contributed by atoms with Crippen molar-refractivity contribution in [3.05, 3.63) is 56.8 Å². The van der Waals surface area contributed by atoms with Gasteiger partial charge < -0.3 is 9.55 Å². The first-order chi connectivity index (χ1) is 9.54. The Bertz CT molecular complexity index is 836. The Morgan fingerprint density at radius 1 is 1.40 bits per heavy atom. The van der Waals surface area contributed by atoms with Crippen molar-refractivity contribution in [1.82, 2.24) is 14.5 Å². The second kappa shape index (κ2) is 5.10. The highest BCUT2D eigenvalue weighted by atomic mass is 79.9. The van der Waals surface area contributed by atoms with Gasteiger partial charge in [-0.25, -0.2) is 4.39 Å². The van der Waals surface area contributed by atoms with E-state index in [1.807, 2.05) is 29.8 Å². The zero-order valence-corrected chi connectivity index (χ0v) is 13.1. The molecule has 2 aromatic heterocycles. The summed E-state index contributed by atoms with van der Waals surface area (Å²) in [5, 5.41) is 0. The molecule has 0 saturated heterocycles. The summed E-state index contributed by atoms with van der Waals surface area (Å²) in [4.78, 5) is 7.35. The lowest BCUT2D eigenvalue weighted by Crippen LogP contribution is -2.00. The first-order valence-electron chi connectivity index (χ1n) is 6.03. The first-order valence-corrected chi connectivity index (χ1v) is 7.24. The number of pyridine rings is 1. The van der Waals surface area contributed by atoms with E-state index in [-0.39, 0.29) is 5.82 Å². The van der Waals surface area contributed by atoms with Crippen LogP contribution in [0, 0.1) is 17.5 Å². The predicted molar refractivity (Wildman–Crippen MR) is 82.9 cm³/mol. The topological polar surface area (TPSA) is 33.6 Å². The van der Waals surface area contributed by atoms with Crippen LogP contribution in [-0.4, -0.2) is 14.5 Å². The first kappa shape index (κ1) is 13.5. The highest BCUT2D eigenvalue weighted by Crippen LogP contribution is 2.23. The second-order valence-electron chi connectivity index (χ2n) is 4.61. The zero-order chi connectivity index (χ0) is 14.3. The second-order valence-corrected chi connectivity index (χ2v) is 5.85. The predicted octanol–water partition coefficient (Wildman–Crippen LogP) is 4.35. The summed E-state index contributed by atoms with van der Waals surface area (Å²) in [6.07, 6.45) is 1.81. The molecular weight excluding hydrogens is 341 g/mol. The largest absolute Gasteiger partial charge is 0.331 e. The molecule has 6 heteroatoms. The van der Waals surface area contributed by atoms with Crippen molar-refractivity contribution in [3.8, 4) is 0 Å². The summed E-state index contributed by atoms with van der Waals surface area (Å²) in [5.74, 6) is -0.303. The molecule has 0 bridgehead atoms. The number of halogens is 2. The van der Waals surface area contributed by atoms with Crippen molar-refractivity contribution in [2.75, 3.05) is 0 Å². The van der Waals surface area contributed by atoms with Gasteiger partial charge in [-0.2, -0.15) is 0 Å². The molecule has 0 fully saturated rings. The molecule has 102 valence electrons. The van der Waals surface area contributed by atoms with Gasteiger partial charge >= 0.3 is 0 Å². The van der Waals surface area contributed by atoms with Crippen LogP contribution >= 0.6 is 28.1 Å². The van der Waals surface area contributed by atoms with Gasteiger partial charge in [-0.1, -0.05) is 6.07 Å². The summed E-state index contributed by atoms with van der Waals surface area (Å²) in [6.45, 7) is 2.50. The number of benzene rings is 1. The van der Waals surface area contributed by atoms with Crippen LogP contribution < -0.4 is 0 Å². The molecule has 3 nitrogen and oxygen atoms in total. The summed E-state index contributed by atoms with van der Waals surface area (Å²) < 4.78 is 16.6. The van der Waals surface area contributed by atoms with Gasteiger partial charge in [0.1, 0.15) is 5.82 Å². The number of nitrogens with zero attached hydrogens (tertiary/aromatic N) is 2. The molecule has 0 amide bonds. The van der Waals surface area contributed by atoms with E-state index in [1.54, 1.807) is 6.07 Å². The highest BCUT2D eigenvalue weighted by molar-refractivity contribution is 9.10. The molecular formula is C14H11BrFN3S. The smallest absolute Gasteiger partial charge is 0.178 e. The average molecular weight is 352 g/mol. The Balaban J connectivity index is 2.11. The van der Waals surface area contributed by atoms with Gasteiger partial charge in [0.05, 0.1) is 22.1 Å². The fourth-order valence-corrected chi connectivity index (χ4v) is 2.70. The van der Waals surface area contributed by atoms with Gasteiger partial charge in [0.15, 0.2) is 4.77 Å². The van der Waals surface area contributed by atoms with Crippen LogP contribution in [0.4, 0.5) is 4.39 Å². The lowest BCUT2D eigenvalue weighted by Gasteiger charge is -2.05. The van der Waals surface area contributed by atoms with Crippen LogP contribution in [0.25, 0.3) is 11.0 Å². The van der Waals surface area contributed by atoms with Crippen LogP contribution in [0.1, 0.15) is 11.3 Å². The molecule has 3 aromatic rings. The minimum atomic E-state index is -0.303. The number of hydrogen-bond acceptors (Lipinski definition) is 2. The molecule has 0 atom stereocenters. The van der Waals surface area contributed by atoms with Crippen molar-refractivity contribution >= 4 is 39.2 Å². The maximum atomic E-state index is 13.7. The monoisotopic (exact) mass is 351 g/mol. The van der Waals surface area contributed by atoms with Crippen LogP contribution in [0.15, 0.2) is 34.9 Å². The summed E-state index contributed by atoms with van der Waals surface area (Å²) in [5.41, 5.74) is 3.54. The van der Waals surface area contributed by atoms with E-state index in [0.29, 0.717) is 15.8 Å². The molecule has 2 heterocycles. The number of H-pyrrole nitrogens is 1. The summed E-state index contributed by atoms with van der Waals surface area (Å²) in [6, 6.07) is 7.13. The van der Waals surface area contributed by atoms with Crippen molar-refractivity contribution in [3.63, 3.8) is 0 Å². The normalized spacial score (nSPS) is 11.2. The van der Waals surface area contributed by atoms with E-state index < -0.39 is 0 Å². The fourth-order valence-electron chi connectivity index (χ4n) is 2.08. The Kier molecular flexibility index (Phi) is 3.43. The van der Waals surface area contributed by atoms with E-state index in [2.05, 4.69) is 25.9 Å². The highest BCUT2D eigenvalue weighted by Gasteiger charge is 2.09. The lowest BCUT2D eigenvalue weighted by atomic mass is 10.2. The molecule has 0 aliphatic rings. The molecule has 0 radical (unpaired) electrons. The molecule has 20 heavy (non-hydrogen) atoms. The van der Waals surface area contributed by atoms with Crippen molar-refractivity contribution in [1.29, 1.82) is 0 Å². The SMILES string of the molecule is Cc1ccc(Cn2c(=S)[nH]c3cc(Br)c(F)cc32)cn1. The average Bonchev–Trinajstić information content (AvgIpc) is 2.69. The third-order valence-corrected chi connectivity index (χ3v) is 4.06. The van der Waals surface area contributed by atoms with Crippen molar-refractivity contribution in [2.45, 2.75) is 13.5 Å². The number of aryl methyl sites for hydroxylation is 1. The summed E-state index contributed by atoms with van der Waals surface area (Å²) in [7, 11) is 0. The summed E-state index contributed by atoms with van der Waals surface area (Å²) >= 11 is 8.49. The number of nitrogens with one attached hydrogen (secondary N) is 1. The van der Waals surface area contributed by atoms with E-state index in [1.165, 1.54) is 6.07 Å². The van der Waals surface area contributed by atoms with Crippen LogP contribution in [0.5, 0.6) is 0 Å². The maximum Gasteiger partial charge on any atom is 0.178 e. The van der Waals surface area contributed by atoms with Gasteiger partial charge in [0.25, 0.3) is 0 Å². The third kappa shape index (κ3) is 2.41. The minimum absolute atomic E-state index is 0.303. The van der Waals surface area contributed by atoms with Crippen molar-refractivity contribution in [2.24, 2.45) is 0 Å². The zero-order valence-electron chi connectivity index (χ0n) is 10.7. The molecule has 0 spiro atoms. The molecule has 3 rings (SSSR count). The standard InChI is InChI=1S/C14H11BrFN3S/c1-8-2-3-9(6-17-8)7-19-13-5-11(16)10(15)4-12(13)18-14(19)20/h2-6H,7H2,1H3,(H,18,20). The molecule has 1 N–H and O–H groups in total. The third-order valence-electron chi connectivity index (χ3n) is 3.13. The fraction of sp³-hybridized carbons (Fsp3) is 0.143. The van der Waals surface area contributed by atoms with Crippen LogP contribution in [0.3, 0.4) is 0 Å². The van der Waals surface area contributed by atoms with Crippen molar-refractivity contribution < 1.29 is 4.39 Å². The molecule has 1 aromatic carbocycles. The van der Waals surface area contributed by atoms with Gasteiger partial charge in [0, 0.05) is 18.0 Å². The van der Waals surface area contributed by atoms with Crippen LogP contribution in [-0.2, 0) is 6.54 Å². The number of imidazole rings is 1. The van der Waals surface area contributed by atoms with Gasteiger partial charge in [-0.05, 0) is 52.8 Å². The molecule has 0 aliphatic carbocycles. The molecule has 0 aliphatic heterocycles. The maximum absolute atomic E-state index is 13.7. The van der Waals surface area contributed by atoms with Gasteiger partial charge in [-0.3, -0.25) is 4.98 Å². The van der Waals surface area contributed by atoms with E-state index in [4.69, 9.17) is 12.2 Å². The van der Waals surface area contributed by atoms with E-state index in [9.17, 15) is 4.39 Å². The quantitative estimate of drug-likeness (QED) is 0.696. The Morgan fingerprint density at radius 2 is 2.20 bits per heavy atom. The number of aromatic amines is 1. The van der Waals surface area contributed by atoms with Gasteiger partial charge in [-0.15, -0.1) is 0 Å². The Labute approximate surface area is 128 Å². The number of aromatic nitrogens is 3. The Morgan fingerprint density at radius 3 is 2.90 bits per heavy atom. The minimum Gasteiger partial charge on any atom is -0.331 e. The van der Waals surface area contributed by atoms with Gasteiger partial charge in [0.2, 0.25) is 0 Å². The number of rotatable bonds is 2. The van der Waals surface area contributed by atoms with Crippen LogP contribution in [0.2, 0.25) is 0 Å². The Hall–Kier alpha value is -1.53. The van der Waals surface area contributed by atoms with E-state index in [0.717, 1.165) is 22.3 Å². The number of hydrogen-bond donors (Lipinski definition) is 1. The number of fused-ring (bicyclic) bond motifs is 1.